The summed E-state index contributed by atoms with van der Waals surface area (Å²) in [5.41, 5.74) is 7.77. The molecule has 4 heteroatoms. The summed E-state index contributed by atoms with van der Waals surface area (Å²) in [4.78, 5) is 13.8. The standard InChI is InChI=1S/C14H13BrN2O/c1-17(13-8-6-12(16)7-9-13)14(18)10-2-4-11(15)5-3-10/h2-9H,16H2,1H3. The van der Waals surface area contributed by atoms with E-state index in [2.05, 4.69) is 15.9 Å². The van der Waals surface area contributed by atoms with Gasteiger partial charge in [0, 0.05) is 28.5 Å². The molecule has 0 radical (unpaired) electrons. The molecule has 2 aromatic rings. The summed E-state index contributed by atoms with van der Waals surface area (Å²) < 4.78 is 0.953. The quantitative estimate of drug-likeness (QED) is 0.865. The second-order valence-electron chi connectivity index (χ2n) is 3.96. The maximum absolute atomic E-state index is 12.2. The van der Waals surface area contributed by atoms with E-state index < -0.39 is 0 Å². The van der Waals surface area contributed by atoms with E-state index in [0.717, 1.165) is 10.2 Å². The Morgan fingerprint density at radius 2 is 1.61 bits per heavy atom. The number of carbonyl (C=O) groups excluding carboxylic acids is 1. The predicted octanol–water partition coefficient (Wildman–Crippen LogP) is 3.31. The second-order valence-corrected chi connectivity index (χ2v) is 4.88. The van der Waals surface area contributed by atoms with Gasteiger partial charge < -0.3 is 10.6 Å². The number of hydrogen-bond acceptors (Lipinski definition) is 2. The number of nitrogens with two attached hydrogens (primary N) is 1. The van der Waals surface area contributed by atoms with Crippen LogP contribution in [0.4, 0.5) is 11.4 Å². The molecule has 0 heterocycles. The first-order valence-electron chi connectivity index (χ1n) is 5.47. The van der Waals surface area contributed by atoms with Gasteiger partial charge in [-0.3, -0.25) is 4.79 Å². The highest BCUT2D eigenvalue weighted by Crippen LogP contribution is 2.18. The molecule has 1 amide bonds. The summed E-state index contributed by atoms with van der Waals surface area (Å²) in [5.74, 6) is -0.0488. The van der Waals surface area contributed by atoms with E-state index in [1.165, 1.54) is 0 Å². The van der Waals surface area contributed by atoms with Gasteiger partial charge in [-0.25, -0.2) is 0 Å². The number of halogens is 1. The fourth-order valence-electron chi connectivity index (χ4n) is 1.60. The van der Waals surface area contributed by atoms with Crippen LogP contribution in [0.25, 0.3) is 0 Å². The first-order valence-corrected chi connectivity index (χ1v) is 6.26. The van der Waals surface area contributed by atoms with Crippen LogP contribution in [0.1, 0.15) is 10.4 Å². The number of carbonyl (C=O) groups is 1. The summed E-state index contributed by atoms with van der Waals surface area (Å²) in [6.07, 6.45) is 0. The fourth-order valence-corrected chi connectivity index (χ4v) is 1.87. The Morgan fingerprint density at radius 3 is 2.17 bits per heavy atom. The molecular formula is C14H13BrN2O. The van der Waals surface area contributed by atoms with Crippen LogP contribution in [0.15, 0.2) is 53.0 Å². The van der Waals surface area contributed by atoms with Gasteiger partial charge in [0.15, 0.2) is 0 Å². The lowest BCUT2D eigenvalue weighted by molar-refractivity contribution is 0.0993. The Labute approximate surface area is 114 Å². The maximum Gasteiger partial charge on any atom is 0.258 e. The smallest absolute Gasteiger partial charge is 0.258 e. The van der Waals surface area contributed by atoms with Crippen molar-refractivity contribution in [2.45, 2.75) is 0 Å². The molecule has 0 saturated heterocycles. The van der Waals surface area contributed by atoms with Crippen LogP contribution in [0.2, 0.25) is 0 Å². The lowest BCUT2D eigenvalue weighted by atomic mass is 10.2. The summed E-state index contributed by atoms with van der Waals surface area (Å²) in [6.45, 7) is 0. The van der Waals surface area contributed by atoms with E-state index in [0.29, 0.717) is 11.3 Å². The normalized spacial score (nSPS) is 10.1. The molecule has 92 valence electrons. The van der Waals surface area contributed by atoms with E-state index >= 15 is 0 Å². The zero-order chi connectivity index (χ0) is 13.1. The van der Waals surface area contributed by atoms with Crippen LogP contribution >= 0.6 is 15.9 Å². The highest BCUT2D eigenvalue weighted by molar-refractivity contribution is 9.10. The molecule has 0 aliphatic carbocycles. The number of anilines is 2. The van der Waals surface area contributed by atoms with Crippen LogP contribution in [-0.4, -0.2) is 13.0 Å². The van der Waals surface area contributed by atoms with E-state index in [1.54, 1.807) is 36.2 Å². The first-order chi connectivity index (χ1) is 8.58. The molecule has 18 heavy (non-hydrogen) atoms. The van der Waals surface area contributed by atoms with Gasteiger partial charge in [-0.15, -0.1) is 0 Å². The van der Waals surface area contributed by atoms with Crippen LogP contribution < -0.4 is 10.6 Å². The second kappa shape index (κ2) is 5.23. The average molecular weight is 305 g/mol. The average Bonchev–Trinajstić information content (AvgIpc) is 2.39. The number of rotatable bonds is 2. The van der Waals surface area contributed by atoms with Gasteiger partial charge in [-0.05, 0) is 48.5 Å². The van der Waals surface area contributed by atoms with Gasteiger partial charge >= 0.3 is 0 Å². The molecule has 0 saturated carbocycles. The van der Waals surface area contributed by atoms with Crippen LogP contribution in [-0.2, 0) is 0 Å². The highest BCUT2D eigenvalue weighted by Gasteiger charge is 2.12. The third-order valence-electron chi connectivity index (χ3n) is 2.68. The van der Waals surface area contributed by atoms with Crippen molar-refractivity contribution in [2.24, 2.45) is 0 Å². The molecule has 3 nitrogen and oxygen atoms in total. The number of nitrogen functional groups attached to an aromatic ring is 1. The Hall–Kier alpha value is -1.81. The third-order valence-corrected chi connectivity index (χ3v) is 3.20. The lowest BCUT2D eigenvalue weighted by Gasteiger charge is -2.17. The molecular weight excluding hydrogens is 292 g/mol. The van der Waals surface area contributed by atoms with Gasteiger partial charge in [-0.2, -0.15) is 0 Å². The SMILES string of the molecule is CN(C(=O)c1ccc(Br)cc1)c1ccc(N)cc1. The molecule has 2 rings (SSSR count). The van der Waals surface area contributed by atoms with Crippen LogP contribution in [0.3, 0.4) is 0 Å². The van der Waals surface area contributed by atoms with Gasteiger partial charge in [0.05, 0.1) is 0 Å². The lowest BCUT2D eigenvalue weighted by Crippen LogP contribution is -2.26. The van der Waals surface area contributed by atoms with E-state index in [1.807, 2.05) is 24.3 Å². The Balaban J connectivity index is 2.23. The van der Waals surface area contributed by atoms with Crippen molar-refractivity contribution in [2.75, 3.05) is 17.7 Å². The molecule has 2 N–H and O–H groups in total. The van der Waals surface area contributed by atoms with Crippen molar-refractivity contribution in [1.82, 2.24) is 0 Å². The maximum atomic E-state index is 12.2. The fraction of sp³-hybridized carbons (Fsp3) is 0.0714. The zero-order valence-corrected chi connectivity index (χ0v) is 11.5. The molecule has 0 aliphatic rings. The molecule has 0 aromatic heterocycles. The number of nitrogens with zero attached hydrogens (tertiary/aromatic N) is 1. The Morgan fingerprint density at radius 1 is 1.06 bits per heavy atom. The number of amides is 1. The van der Waals surface area contributed by atoms with Crippen LogP contribution in [0, 0.1) is 0 Å². The van der Waals surface area contributed by atoms with Crippen molar-refractivity contribution >= 4 is 33.2 Å². The van der Waals surface area contributed by atoms with E-state index in [4.69, 9.17) is 5.73 Å². The molecule has 0 spiro atoms. The molecule has 2 aromatic carbocycles. The minimum atomic E-state index is -0.0488. The first kappa shape index (κ1) is 12.6. The van der Waals surface area contributed by atoms with Crippen molar-refractivity contribution in [3.05, 3.63) is 58.6 Å². The van der Waals surface area contributed by atoms with Gasteiger partial charge in [0.2, 0.25) is 0 Å². The molecule has 0 atom stereocenters. The van der Waals surface area contributed by atoms with Crippen molar-refractivity contribution in [3.63, 3.8) is 0 Å². The number of benzene rings is 2. The summed E-state index contributed by atoms with van der Waals surface area (Å²) >= 11 is 3.35. The third kappa shape index (κ3) is 2.71. The highest BCUT2D eigenvalue weighted by atomic mass is 79.9. The number of hydrogen-bond donors (Lipinski definition) is 1. The minimum Gasteiger partial charge on any atom is -0.399 e. The molecule has 0 fully saturated rings. The van der Waals surface area contributed by atoms with Gasteiger partial charge in [0.25, 0.3) is 5.91 Å². The van der Waals surface area contributed by atoms with E-state index in [9.17, 15) is 4.79 Å². The predicted molar refractivity (Wildman–Crippen MR) is 77.7 cm³/mol. The summed E-state index contributed by atoms with van der Waals surface area (Å²) in [5, 5.41) is 0. The Bertz CT molecular complexity index is 549. The zero-order valence-electron chi connectivity index (χ0n) is 9.93. The molecule has 0 aliphatic heterocycles. The molecule has 0 unspecified atom stereocenters. The van der Waals surface area contributed by atoms with Crippen molar-refractivity contribution in [1.29, 1.82) is 0 Å². The van der Waals surface area contributed by atoms with Gasteiger partial charge in [-0.1, -0.05) is 15.9 Å². The van der Waals surface area contributed by atoms with Gasteiger partial charge in [0.1, 0.15) is 0 Å². The Kier molecular flexibility index (Phi) is 3.67. The molecule has 0 bridgehead atoms. The largest absolute Gasteiger partial charge is 0.399 e. The topological polar surface area (TPSA) is 46.3 Å². The minimum absolute atomic E-state index is 0.0488. The van der Waals surface area contributed by atoms with Crippen molar-refractivity contribution in [3.8, 4) is 0 Å². The summed E-state index contributed by atoms with van der Waals surface area (Å²) in [7, 11) is 1.75. The van der Waals surface area contributed by atoms with Crippen LogP contribution in [0.5, 0.6) is 0 Å². The summed E-state index contributed by atoms with van der Waals surface area (Å²) in [6, 6.07) is 14.5. The van der Waals surface area contributed by atoms with E-state index in [-0.39, 0.29) is 5.91 Å². The van der Waals surface area contributed by atoms with Crippen molar-refractivity contribution < 1.29 is 4.79 Å². The monoisotopic (exact) mass is 304 g/mol.